The van der Waals surface area contributed by atoms with E-state index in [4.69, 9.17) is 24.4 Å². The second-order valence-electron chi connectivity index (χ2n) is 8.33. The Kier molecular flexibility index (Phi) is 7.80. The fourth-order valence-corrected chi connectivity index (χ4v) is 4.01. The van der Waals surface area contributed by atoms with E-state index in [1.165, 1.54) is 0 Å². The molecule has 7 heteroatoms. The van der Waals surface area contributed by atoms with Crippen molar-refractivity contribution in [3.63, 3.8) is 0 Å². The smallest absolute Gasteiger partial charge is 0.310 e. The lowest BCUT2D eigenvalue weighted by molar-refractivity contribution is -0.142. The first-order chi connectivity index (χ1) is 17.0. The van der Waals surface area contributed by atoms with Crippen molar-refractivity contribution >= 4 is 16.9 Å². The number of carbonyl (C=O) groups is 1. The molecule has 0 saturated heterocycles. The predicted octanol–water partition coefficient (Wildman–Crippen LogP) is 5.09. The van der Waals surface area contributed by atoms with E-state index in [1.54, 1.807) is 20.2 Å². The number of benzene rings is 2. The molecule has 0 atom stereocenters. The van der Waals surface area contributed by atoms with Crippen LogP contribution in [0.3, 0.4) is 0 Å². The van der Waals surface area contributed by atoms with Gasteiger partial charge in [0.1, 0.15) is 30.3 Å². The molecule has 2 N–H and O–H groups in total. The SMILES string of the molecule is CCOC(=O)Cc1ccc(C)cc1OCc1cc(-c2ccnc(CN)c2)c2oc(COC)cc2c1. The third kappa shape index (κ3) is 5.88. The maximum absolute atomic E-state index is 12.1. The molecule has 0 bridgehead atoms. The van der Waals surface area contributed by atoms with Gasteiger partial charge in [0.15, 0.2) is 0 Å². The summed E-state index contributed by atoms with van der Waals surface area (Å²) in [6.45, 7) is 5.19. The van der Waals surface area contributed by atoms with Crippen molar-refractivity contribution in [3.05, 3.63) is 82.9 Å². The summed E-state index contributed by atoms with van der Waals surface area (Å²) in [6, 6.07) is 15.8. The molecule has 4 aromatic rings. The second-order valence-corrected chi connectivity index (χ2v) is 8.33. The number of hydrogen-bond acceptors (Lipinski definition) is 7. The minimum Gasteiger partial charge on any atom is -0.489 e. The molecule has 0 radical (unpaired) electrons. The topological polar surface area (TPSA) is 96.8 Å². The van der Waals surface area contributed by atoms with Crippen molar-refractivity contribution < 1.29 is 23.4 Å². The van der Waals surface area contributed by atoms with E-state index in [-0.39, 0.29) is 12.4 Å². The van der Waals surface area contributed by atoms with E-state index in [2.05, 4.69) is 11.1 Å². The van der Waals surface area contributed by atoms with Crippen molar-refractivity contribution in [1.82, 2.24) is 4.98 Å². The summed E-state index contributed by atoms with van der Waals surface area (Å²) in [5.74, 6) is 1.13. The number of ether oxygens (including phenoxy) is 3. The molecule has 7 nitrogen and oxygen atoms in total. The Morgan fingerprint density at radius 2 is 1.94 bits per heavy atom. The first-order valence-electron chi connectivity index (χ1n) is 11.6. The Morgan fingerprint density at radius 1 is 1.09 bits per heavy atom. The quantitative estimate of drug-likeness (QED) is 0.320. The van der Waals surface area contributed by atoms with Crippen molar-refractivity contribution in [1.29, 1.82) is 0 Å². The number of hydrogen-bond donors (Lipinski definition) is 1. The average Bonchev–Trinajstić information content (AvgIpc) is 3.26. The van der Waals surface area contributed by atoms with Crippen LogP contribution in [0.4, 0.5) is 0 Å². The zero-order valence-electron chi connectivity index (χ0n) is 20.3. The van der Waals surface area contributed by atoms with Crippen LogP contribution in [0.15, 0.2) is 59.1 Å². The Bertz CT molecular complexity index is 1330. The van der Waals surface area contributed by atoms with E-state index >= 15 is 0 Å². The number of fused-ring (bicyclic) bond motifs is 1. The summed E-state index contributed by atoms with van der Waals surface area (Å²) in [7, 11) is 1.64. The molecule has 4 rings (SSSR count). The molecule has 35 heavy (non-hydrogen) atoms. The summed E-state index contributed by atoms with van der Waals surface area (Å²) in [6.07, 6.45) is 1.91. The van der Waals surface area contributed by atoms with Crippen LogP contribution < -0.4 is 10.5 Å². The van der Waals surface area contributed by atoms with Gasteiger partial charge in [-0.2, -0.15) is 0 Å². The Labute approximate surface area is 204 Å². The average molecular weight is 475 g/mol. The van der Waals surface area contributed by atoms with Crippen molar-refractivity contribution in [2.24, 2.45) is 5.73 Å². The van der Waals surface area contributed by atoms with Crippen LogP contribution in [-0.4, -0.2) is 24.7 Å². The van der Waals surface area contributed by atoms with E-state index in [0.717, 1.165) is 50.2 Å². The zero-order valence-corrected chi connectivity index (χ0v) is 20.3. The predicted molar refractivity (Wildman–Crippen MR) is 134 cm³/mol. The first kappa shape index (κ1) is 24.4. The van der Waals surface area contributed by atoms with Crippen LogP contribution in [0.5, 0.6) is 5.75 Å². The molecular weight excluding hydrogens is 444 g/mol. The van der Waals surface area contributed by atoms with Crippen LogP contribution in [0.1, 0.15) is 35.1 Å². The summed E-state index contributed by atoms with van der Waals surface area (Å²) >= 11 is 0. The molecule has 0 aliphatic rings. The third-order valence-corrected chi connectivity index (χ3v) is 5.61. The second kappa shape index (κ2) is 11.2. The molecule has 0 fully saturated rings. The fourth-order valence-electron chi connectivity index (χ4n) is 4.01. The van der Waals surface area contributed by atoms with Crippen molar-refractivity contribution in [2.75, 3.05) is 13.7 Å². The van der Waals surface area contributed by atoms with Gasteiger partial charge < -0.3 is 24.4 Å². The molecule has 2 aromatic heterocycles. The van der Waals surface area contributed by atoms with E-state index in [0.29, 0.717) is 32.1 Å². The zero-order chi connectivity index (χ0) is 24.8. The van der Waals surface area contributed by atoms with Gasteiger partial charge in [-0.15, -0.1) is 0 Å². The maximum Gasteiger partial charge on any atom is 0.310 e. The standard InChI is InChI=1S/C28H30N2O5/c1-4-33-27(31)14-21-6-5-18(2)9-26(21)34-16-19-10-22-13-24(17-32-3)35-28(22)25(11-19)20-7-8-30-23(12-20)15-29/h5-13H,4,14-17,29H2,1-3H3. The van der Waals surface area contributed by atoms with Crippen LogP contribution in [-0.2, 0) is 40.4 Å². The molecule has 0 aliphatic carbocycles. The Morgan fingerprint density at radius 3 is 2.71 bits per heavy atom. The van der Waals surface area contributed by atoms with Crippen molar-refractivity contribution in [3.8, 4) is 16.9 Å². The van der Waals surface area contributed by atoms with Gasteiger partial charge in [0.25, 0.3) is 0 Å². The molecule has 0 unspecified atom stereocenters. The van der Waals surface area contributed by atoms with Gasteiger partial charge in [-0.3, -0.25) is 9.78 Å². The lowest BCUT2D eigenvalue weighted by Crippen LogP contribution is -2.09. The lowest BCUT2D eigenvalue weighted by Gasteiger charge is -2.13. The highest BCUT2D eigenvalue weighted by Gasteiger charge is 2.15. The number of esters is 1. The summed E-state index contributed by atoms with van der Waals surface area (Å²) in [5, 5.41) is 0.954. The van der Waals surface area contributed by atoms with Gasteiger partial charge in [0.05, 0.1) is 18.7 Å². The molecule has 0 aliphatic heterocycles. The lowest BCUT2D eigenvalue weighted by atomic mass is 10.0. The third-order valence-electron chi connectivity index (χ3n) is 5.61. The highest BCUT2D eigenvalue weighted by Crippen LogP contribution is 2.34. The van der Waals surface area contributed by atoms with Crippen LogP contribution in [0, 0.1) is 6.92 Å². The van der Waals surface area contributed by atoms with Crippen LogP contribution >= 0.6 is 0 Å². The largest absolute Gasteiger partial charge is 0.489 e. The highest BCUT2D eigenvalue weighted by atomic mass is 16.5. The molecule has 182 valence electrons. The minimum absolute atomic E-state index is 0.161. The molecule has 2 heterocycles. The Balaban J connectivity index is 1.69. The van der Waals surface area contributed by atoms with Crippen molar-refractivity contribution in [2.45, 2.75) is 40.0 Å². The number of methoxy groups -OCH3 is 1. The van der Waals surface area contributed by atoms with Gasteiger partial charge in [0, 0.05) is 36.4 Å². The number of nitrogens with zero attached hydrogens (tertiary/aromatic N) is 1. The van der Waals surface area contributed by atoms with E-state index in [9.17, 15) is 4.79 Å². The van der Waals surface area contributed by atoms with E-state index in [1.807, 2.05) is 49.4 Å². The maximum atomic E-state index is 12.1. The summed E-state index contributed by atoms with van der Waals surface area (Å²) in [4.78, 5) is 16.4. The monoisotopic (exact) mass is 474 g/mol. The Hall–Kier alpha value is -3.68. The first-order valence-corrected chi connectivity index (χ1v) is 11.6. The minimum atomic E-state index is -0.276. The number of nitrogens with two attached hydrogens (primary N) is 1. The van der Waals surface area contributed by atoms with Gasteiger partial charge in [-0.1, -0.05) is 12.1 Å². The van der Waals surface area contributed by atoms with Gasteiger partial charge >= 0.3 is 5.97 Å². The molecule has 0 amide bonds. The summed E-state index contributed by atoms with van der Waals surface area (Å²) < 4.78 is 22.7. The van der Waals surface area contributed by atoms with Gasteiger partial charge in [-0.05, 0) is 66.9 Å². The fraction of sp³-hybridized carbons (Fsp3) is 0.286. The summed E-state index contributed by atoms with van der Waals surface area (Å²) in [5.41, 5.74) is 12.1. The highest BCUT2D eigenvalue weighted by molar-refractivity contribution is 5.93. The molecule has 2 aromatic carbocycles. The number of aryl methyl sites for hydroxylation is 1. The van der Waals surface area contributed by atoms with E-state index < -0.39 is 0 Å². The van der Waals surface area contributed by atoms with Gasteiger partial charge in [0.2, 0.25) is 0 Å². The number of aromatic nitrogens is 1. The number of carbonyl (C=O) groups excluding carboxylic acids is 1. The van der Waals surface area contributed by atoms with Crippen LogP contribution in [0.2, 0.25) is 0 Å². The number of furan rings is 1. The normalized spacial score (nSPS) is 11.1. The van der Waals surface area contributed by atoms with Crippen LogP contribution in [0.25, 0.3) is 22.1 Å². The number of rotatable bonds is 10. The van der Waals surface area contributed by atoms with Gasteiger partial charge in [-0.25, -0.2) is 0 Å². The molecule has 0 saturated carbocycles. The molecular formula is C28H30N2O5. The number of pyridine rings is 1. The molecule has 0 spiro atoms.